The number of hydrogen-bond donors (Lipinski definition) is 0. The molecule has 1 aliphatic carbocycles. The second-order valence-electron chi connectivity index (χ2n) is 10.0. The molecule has 0 fully saturated rings. The van der Waals surface area contributed by atoms with Gasteiger partial charge in [0.2, 0.25) is 0 Å². The van der Waals surface area contributed by atoms with Crippen molar-refractivity contribution in [1.82, 2.24) is 0 Å². The molecule has 0 unspecified atom stereocenters. The van der Waals surface area contributed by atoms with Gasteiger partial charge < -0.3 is 37.2 Å². The van der Waals surface area contributed by atoms with Crippen LogP contribution in [0.4, 0.5) is 0 Å². The summed E-state index contributed by atoms with van der Waals surface area (Å²) in [4.78, 5) is 0. The second kappa shape index (κ2) is 13.0. The molecule has 3 aromatic carbocycles. The third kappa shape index (κ3) is 6.06. The van der Waals surface area contributed by atoms with Crippen LogP contribution in [-0.4, -0.2) is 0 Å². The fourth-order valence-corrected chi connectivity index (χ4v) is 6.77. The van der Waals surface area contributed by atoms with Crippen LogP contribution in [0.3, 0.4) is 0 Å². The molecule has 0 saturated carbocycles. The zero-order valence-corrected chi connectivity index (χ0v) is 26.2. The van der Waals surface area contributed by atoms with Crippen LogP contribution in [0.5, 0.6) is 0 Å². The second-order valence-corrected chi connectivity index (χ2v) is 10.8. The van der Waals surface area contributed by atoms with Crippen LogP contribution < -0.4 is 37.2 Å². The smallest absolute Gasteiger partial charge is 1.00 e. The molecule has 0 amide bonds. The summed E-state index contributed by atoms with van der Waals surface area (Å²) < 4.78 is 1.47. The molecule has 0 spiro atoms. The van der Waals surface area contributed by atoms with E-state index in [1.54, 1.807) is 0 Å². The Morgan fingerprint density at radius 1 is 0.583 bits per heavy atom. The maximum atomic E-state index is 2.47. The van der Waals surface area contributed by atoms with E-state index in [0.717, 1.165) is 12.8 Å². The fraction of sp³-hybridized carbons (Fsp3) is 0.312. The molecule has 0 heterocycles. The predicted molar refractivity (Wildman–Crippen MR) is 138 cm³/mol. The van der Waals surface area contributed by atoms with Crippen LogP contribution in [0.1, 0.15) is 69.8 Å². The topological polar surface area (TPSA) is 0 Å². The molecular formula is C32H35Cl3Ti. The maximum Gasteiger partial charge on any atom is -1.00 e. The molecule has 0 atom stereocenters. The van der Waals surface area contributed by atoms with Crippen molar-refractivity contribution in [3.05, 3.63) is 126 Å². The minimum atomic E-state index is -0.318. The fourth-order valence-electron chi connectivity index (χ4n) is 5.88. The van der Waals surface area contributed by atoms with Gasteiger partial charge in [0.1, 0.15) is 0 Å². The first-order valence-corrected chi connectivity index (χ1v) is 12.8. The van der Waals surface area contributed by atoms with E-state index in [1.807, 2.05) is 0 Å². The van der Waals surface area contributed by atoms with Crippen molar-refractivity contribution in [2.45, 2.75) is 66.7 Å². The van der Waals surface area contributed by atoms with Gasteiger partial charge in [-0.15, -0.1) is 0 Å². The number of hydrogen-bond acceptors (Lipinski definition) is 0. The van der Waals surface area contributed by atoms with Crippen molar-refractivity contribution < 1.29 is 57.7 Å². The average molecular weight is 574 g/mol. The Labute approximate surface area is 248 Å². The van der Waals surface area contributed by atoms with E-state index in [1.165, 1.54) is 65.1 Å². The zero-order valence-electron chi connectivity index (χ0n) is 22.3. The molecule has 4 rings (SSSR count). The minimum absolute atomic E-state index is 0. The Bertz CT molecular complexity index is 1110. The van der Waals surface area contributed by atoms with Crippen LogP contribution in [0.2, 0.25) is 0 Å². The number of benzene rings is 3. The van der Waals surface area contributed by atoms with Gasteiger partial charge in [-0.05, 0) is 0 Å². The van der Waals surface area contributed by atoms with Crippen LogP contribution in [0, 0.1) is 41.5 Å². The SMILES string of the molecule is CCC1=CCC(C(c2cc(C)cc(C)c2)(c2cc(C)cc(C)c2)c2cc(C)cc(C)c2)=[C]1[Ti+3].[Cl-].[Cl-].[Cl-]. The van der Waals surface area contributed by atoms with Crippen LogP contribution in [0.15, 0.2) is 75.7 Å². The van der Waals surface area contributed by atoms with Crippen molar-refractivity contribution in [3.63, 3.8) is 0 Å². The summed E-state index contributed by atoms with van der Waals surface area (Å²) in [7, 11) is 0. The zero-order chi connectivity index (χ0) is 23.9. The van der Waals surface area contributed by atoms with Gasteiger partial charge in [0.05, 0.1) is 0 Å². The molecule has 36 heavy (non-hydrogen) atoms. The molecule has 0 N–H and O–H groups in total. The molecule has 1 aliphatic rings. The first-order chi connectivity index (χ1) is 15.6. The molecule has 0 aromatic heterocycles. The van der Waals surface area contributed by atoms with E-state index in [0.29, 0.717) is 0 Å². The van der Waals surface area contributed by atoms with Gasteiger partial charge in [0.25, 0.3) is 0 Å². The number of aryl methyl sites for hydroxylation is 6. The third-order valence-electron chi connectivity index (χ3n) is 6.97. The Kier molecular flexibility index (Phi) is 11.8. The maximum absolute atomic E-state index is 2.47. The van der Waals surface area contributed by atoms with Gasteiger partial charge in [-0.2, -0.15) is 0 Å². The molecule has 0 aliphatic heterocycles. The molecule has 3 aromatic rings. The Morgan fingerprint density at radius 2 is 0.889 bits per heavy atom. The Hall–Kier alpha value is -1.28. The number of halogens is 3. The summed E-state index contributed by atoms with van der Waals surface area (Å²) in [6.45, 7) is 15.7. The van der Waals surface area contributed by atoms with Crippen molar-refractivity contribution in [2.24, 2.45) is 0 Å². The normalized spacial score (nSPS) is 13.0. The van der Waals surface area contributed by atoms with Gasteiger partial charge >= 0.3 is 213 Å². The molecule has 0 bridgehead atoms. The van der Waals surface area contributed by atoms with Gasteiger partial charge in [0.15, 0.2) is 0 Å². The largest absolute Gasteiger partial charge is 1.00 e. The first kappa shape index (κ1) is 32.8. The van der Waals surface area contributed by atoms with Crippen LogP contribution in [0.25, 0.3) is 0 Å². The number of allylic oxidation sites excluding steroid dienone is 4. The Balaban J connectivity index is 0.00000216. The monoisotopic (exact) mass is 572 g/mol. The van der Waals surface area contributed by atoms with Gasteiger partial charge in [0, 0.05) is 0 Å². The average Bonchev–Trinajstić information content (AvgIpc) is 3.07. The quantitative estimate of drug-likeness (QED) is 0.283. The summed E-state index contributed by atoms with van der Waals surface area (Å²) in [5.41, 5.74) is 14.8. The van der Waals surface area contributed by atoms with E-state index in [2.05, 4.69) is 130 Å². The van der Waals surface area contributed by atoms with Crippen molar-refractivity contribution in [3.8, 4) is 0 Å². The molecular weight excluding hydrogens is 539 g/mol. The van der Waals surface area contributed by atoms with Gasteiger partial charge in [-0.1, -0.05) is 0 Å². The van der Waals surface area contributed by atoms with E-state index in [-0.39, 0.29) is 42.6 Å². The number of rotatable bonds is 5. The molecule has 0 saturated heterocycles. The first-order valence-electron chi connectivity index (χ1n) is 12.1. The predicted octanol–water partition coefficient (Wildman–Crippen LogP) is -0.575. The summed E-state index contributed by atoms with van der Waals surface area (Å²) in [5, 5.41) is 0. The summed E-state index contributed by atoms with van der Waals surface area (Å²) in [6, 6.07) is 21.4. The van der Waals surface area contributed by atoms with E-state index in [4.69, 9.17) is 0 Å². The minimum Gasteiger partial charge on any atom is -1.00 e. The van der Waals surface area contributed by atoms with Crippen molar-refractivity contribution in [1.29, 1.82) is 0 Å². The summed E-state index contributed by atoms with van der Waals surface area (Å²) in [6.07, 6.45) is 4.55. The summed E-state index contributed by atoms with van der Waals surface area (Å²) in [5.74, 6) is 0. The molecule has 0 nitrogen and oxygen atoms in total. The molecule has 0 radical (unpaired) electrons. The van der Waals surface area contributed by atoms with Crippen LogP contribution in [-0.2, 0) is 25.9 Å². The van der Waals surface area contributed by atoms with Crippen molar-refractivity contribution in [2.75, 3.05) is 0 Å². The van der Waals surface area contributed by atoms with E-state index in [9.17, 15) is 0 Å². The van der Waals surface area contributed by atoms with Gasteiger partial charge in [-0.25, -0.2) is 0 Å². The third-order valence-corrected chi connectivity index (χ3v) is 7.95. The molecule has 188 valence electrons. The van der Waals surface area contributed by atoms with Gasteiger partial charge in [-0.3, -0.25) is 0 Å². The van der Waals surface area contributed by atoms with Crippen molar-refractivity contribution >= 4 is 0 Å². The van der Waals surface area contributed by atoms with E-state index >= 15 is 0 Å². The standard InChI is InChI=1S/C32H35.3ClH.Ti/c1-8-27-9-10-28(20-27)32(29-14-21(2)11-22(3)15-29,30-16-23(4)12-24(5)17-30)31-18-25(6)13-26(7)19-31;;;;/h9,11-19H,8,10H2,1-7H3;3*1H;/q;;;;+3/p-3. The van der Waals surface area contributed by atoms with E-state index < -0.39 is 0 Å². The van der Waals surface area contributed by atoms with Crippen LogP contribution >= 0.6 is 0 Å². The molecule has 4 heteroatoms. The summed E-state index contributed by atoms with van der Waals surface area (Å²) >= 11 is 2.35. The Morgan fingerprint density at radius 3 is 1.14 bits per heavy atom.